The number of rotatable bonds is 5. The third-order valence-electron chi connectivity index (χ3n) is 7.48. The second kappa shape index (κ2) is 10.2. The molecule has 1 amide bonds. The van der Waals surface area contributed by atoms with Crippen LogP contribution in [0.1, 0.15) is 87.8 Å². The fourth-order valence-electron chi connectivity index (χ4n) is 5.16. The van der Waals surface area contributed by atoms with Crippen molar-refractivity contribution in [2.75, 3.05) is 20.2 Å². The summed E-state index contributed by atoms with van der Waals surface area (Å²) in [6.45, 7) is 19.3. The maximum atomic E-state index is 12.9. The summed E-state index contributed by atoms with van der Waals surface area (Å²) in [7, 11) is 1.77. The number of carbonyl (C=O) groups excluding carboxylic acids is 1. The van der Waals surface area contributed by atoms with Crippen molar-refractivity contribution in [3.05, 3.63) is 52.0 Å². The normalized spacial score (nSPS) is 15.3. The van der Waals surface area contributed by atoms with Gasteiger partial charge in [0.2, 0.25) is 5.91 Å². The minimum Gasteiger partial charge on any atom is -0.496 e. The second-order valence-corrected chi connectivity index (χ2v) is 13.4. The van der Waals surface area contributed by atoms with Gasteiger partial charge in [-0.25, -0.2) is 9.97 Å². The van der Waals surface area contributed by atoms with E-state index >= 15 is 0 Å². The molecule has 0 saturated carbocycles. The number of hydrogen-bond acceptors (Lipinski definition) is 5. The monoisotopic (exact) mass is 522 g/mol. The third kappa shape index (κ3) is 5.77. The molecule has 0 radical (unpaired) electrons. The fourth-order valence-corrected chi connectivity index (χ4v) is 6.24. The zero-order valence-electron chi connectivity index (χ0n) is 23.9. The molecular weight excluding hydrogens is 480 g/mol. The summed E-state index contributed by atoms with van der Waals surface area (Å²) in [5, 5.41) is 1.05. The molecule has 1 fully saturated rings. The summed E-state index contributed by atoms with van der Waals surface area (Å²) in [6, 6.07) is 4.52. The van der Waals surface area contributed by atoms with Crippen LogP contribution in [0, 0.1) is 13.8 Å². The van der Waals surface area contributed by atoms with Crippen LogP contribution in [0.3, 0.4) is 0 Å². The molecule has 200 valence electrons. The summed E-state index contributed by atoms with van der Waals surface area (Å²) in [5.41, 5.74) is 4.52. The lowest BCUT2D eigenvalue weighted by atomic mass is 9.78. The molecule has 7 heteroatoms. The SMILES string of the molecule is COc1c(C(C)(C)C)cc(-c2ncc(C3CCN(C(=O)Cn4c(C)cnc4C)CC3)s2)cc1C(C)(C)C. The molecule has 0 bridgehead atoms. The number of benzene rings is 1. The molecule has 2 aromatic heterocycles. The van der Waals surface area contributed by atoms with Crippen LogP contribution in [0.25, 0.3) is 10.6 Å². The van der Waals surface area contributed by atoms with Gasteiger partial charge < -0.3 is 14.2 Å². The van der Waals surface area contributed by atoms with E-state index in [1.165, 1.54) is 16.0 Å². The van der Waals surface area contributed by atoms with E-state index in [0.717, 1.165) is 53.8 Å². The molecule has 37 heavy (non-hydrogen) atoms. The van der Waals surface area contributed by atoms with Gasteiger partial charge in [-0.15, -0.1) is 11.3 Å². The summed E-state index contributed by atoms with van der Waals surface area (Å²) < 4.78 is 7.94. The van der Waals surface area contributed by atoms with Gasteiger partial charge in [0.1, 0.15) is 23.1 Å². The number of hydrogen-bond donors (Lipinski definition) is 0. The number of nitrogens with zero attached hydrogens (tertiary/aromatic N) is 4. The van der Waals surface area contributed by atoms with Crippen LogP contribution in [-0.2, 0) is 22.2 Å². The lowest BCUT2D eigenvalue weighted by Gasteiger charge is -2.31. The number of carbonyl (C=O) groups is 1. The van der Waals surface area contributed by atoms with Gasteiger partial charge in [0.05, 0.1) is 7.11 Å². The predicted molar refractivity (Wildman–Crippen MR) is 152 cm³/mol. The maximum absolute atomic E-state index is 12.9. The Morgan fingerprint density at radius 3 is 2.08 bits per heavy atom. The number of aromatic nitrogens is 3. The zero-order valence-corrected chi connectivity index (χ0v) is 24.8. The fraction of sp³-hybridized carbons (Fsp3) is 0.567. The highest BCUT2D eigenvalue weighted by Gasteiger charge is 2.29. The van der Waals surface area contributed by atoms with Crippen LogP contribution in [0.15, 0.2) is 24.5 Å². The minimum absolute atomic E-state index is 0.0470. The topological polar surface area (TPSA) is 60.2 Å². The van der Waals surface area contributed by atoms with Gasteiger partial charge in [-0.2, -0.15) is 0 Å². The highest BCUT2D eigenvalue weighted by molar-refractivity contribution is 7.15. The second-order valence-electron chi connectivity index (χ2n) is 12.4. The molecule has 0 unspecified atom stereocenters. The lowest BCUT2D eigenvalue weighted by Crippen LogP contribution is -2.39. The first-order chi connectivity index (χ1) is 17.3. The largest absolute Gasteiger partial charge is 0.496 e. The van der Waals surface area contributed by atoms with Crippen molar-refractivity contribution in [3.63, 3.8) is 0 Å². The van der Waals surface area contributed by atoms with Crippen LogP contribution in [-0.4, -0.2) is 45.5 Å². The Kier molecular flexibility index (Phi) is 7.57. The molecule has 1 aromatic carbocycles. The van der Waals surface area contributed by atoms with E-state index in [1.807, 2.05) is 29.5 Å². The molecule has 1 saturated heterocycles. The summed E-state index contributed by atoms with van der Waals surface area (Å²) >= 11 is 1.79. The number of ether oxygens (including phenoxy) is 1. The molecule has 0 aliphatic carbocycles. The molecule has 4 rings (SSSR count). The molecule has 1 aliphatic rings. The smallest absolute Gasteiger partial charge is 0.242 e. The van der Waals surface area contributed by atoms with Gasteiger partial charge in [0, 0.05) is 52.7 Å². The van der Waals surface area contributed by atoms with Crippen molar-refractivity contribution in [2.45, 2.75) is 91.5 Å². The van der Waals surface area contributed by atoms with Gasteiger partial charge >= 0.3 is 0 Å². The van der Waals surface area contributed by atoms with E-state index in [4.69, 9.17) is 9.72 Å². The third-order valence-corrected chi connectivity index (χ3v) is 8.69. The Balaban J connectivity index is 1.52. The zero-order chi connectivity index (χ0) is 27.1. The summed E-state index contributed by atoms with van der Waals surface area (Å²) in [4.78, 5) is 25.5. The average Bonchev–Trinajstić information content (AvgIpc) is 3.45. The number of methoxy groups -OCH3 is 1. The number of amides is 1. The van der Waals surface area contributed by atoms with E-state index in [-0.39, 0.29) is 16.7 Å². The van der Waals surface area contributed by atoms with Crippen LogP contribution >= 0.6 is 11.3 Å². The molecule has 1 aliphatic heterocycles. The molecule has 0 N–H and O–H groups in total. The van der Waals surface area contributed by atoms with E-state index in [2.05, 4.69) is 64.9 Å². The number of thiazole rings is 1. The summed E-state index contributed by atoms with van der Waals surface area (Å²) in [5.74, 6) is 2.49. The Morgan fingerprint density at radius 1 is 1.00 bits per heavy atom. The first-order valence-electron chi connectivity index (χ1n) is 13.2. The van der Waals surface area contributed by atoms with Gasteiger partial charge in [-0.1, -0.05) is 41.5 Å². The van der Waals surface area contributed by atoms with Crippen molar-refractivity contribution >= 4 is 17.2 Å². The van der Waals surface area contributed by atoms with Crippen LogP contribution in [0.5, 0.6) is 5.75 Å². The molecule has 0 atom stereocenters. The number of imidazole rings is 1. The number of aryl methyl sites for hydroxylation is 2. The number of piperidine rings is 1. The van der Waals surface area contributed by atoms with E-state index in [1.54, 1.807) is 18.4 Å². The molecule has 6 nitrogen and oxygen atoms in total. The van der Waals surface area contributed by atoms with Crippen molar-refractivity contribution < 1.29 is 9.53 Å². The molecule has 3 aromatic rings. The van der Waals surface area contributed by atoms with Gasteiger partial charge in [-0.3, -0.25) is 4.79 Å². The van der Waals surface area contributed by atoms with Crippen LogP contribution < -0.4 is 4.74 Å². The highest BCUT2D eigenvalue weighted by Crippen LogP contribution is 2.44. The van der Waals surface area contributed by atoms with E-state index in [0.29, 0.717) is 12.5 Å². The highest BCUT2D eigenvalue weighted by atomic mass is 32.1. The molecule has 3 heterocycles. The average molecular weight is 523 g/mol. The van der Waals surface area contributed by atoms with Crippen LogP contribution in [0.2, 0.25) is 0 Å². The lowest BCUT2D eigenvalue weighted by molar-refractivity contribution is -0.132. The molecule has 0 spiro atoms. The van der Waals surface area contributed by atoms with Crippen LogP contribution in [0.4, 0.5) is 0 Å². The standard InChI is InChI=1S/C30H42N4O2S/c1-19-16-31-20(2)34(19)18-26(35)33-12-10-21(11-13-33)25-17-32-28(37-25)22-14-23(29(3,4)5)27(36-9)24(15-22)30(6,7)8/h14-17,21H,10-13,18H2,1-9H3. The minimum atomic E-state index is -0.0470. The Bertz CT molecular complexity index is 1210. The van der Waals surface area contributed by atoms with Gasteiger partial charge in [0.15, 0.2) is 0 Å². The van der Waals surface area contributed by atoms with Crippen molar-refractivity contribution in [2.24, 2.45) is 0 Å². The predicted octanol–water partition coefficient (Wildman–Crippen LogP) is 6.63. The van der Waals surface area contributed by atoms with E-state index < -0.39 is 0 Å². The first-order valence-corrected chi connectivity index (χ1v) is 14.1. The quantitative estimate of drug-likeness (QED) is 0.377. The van der Waals surface area contributed by atoms with Gasteiger partial charge in [-0.05, 0) is 55.6 Å². The Hall–Kier alpha value is -2.67. The summed E-state index contributed by atoms with van der Waals surface area (Å²) in [6.07, 6.45) is 5.82. The van der Waals surface area contributed by atoms with Gasteiger partial charge in [0.25, 0.3) is 0 Å². The number of likely N-dealkylation sites (tertiary alicyclic amines) is 1. The maximum Gasteiger partial charge on any atom is 0.242 e. The van der Waals surface area contributed by atoms with Crippen molar-refractivity contribution in [1.29, 1.82) is 0 Å². The van der Waals surface area contributed by atoms with E-state index in [9.17, 15) is 4.79 Å². The Morgan fingerprint density at radius 2 is 1.59 bits per heavy atom. The Labute approximate surface area is 226 Å². The molecular formula is C30H42N4O2S. The van der Waals surface area contributed by atoms with Crippen molar-refractivity contribution in [3.8, 4) is 16.3 Å². The van der Waals surface area contributed by atoms with Crippen molar-refractivity contribution in [1.82, 2.24) is 19.4 Å². The first kappa shape index (κ1) is 27.4.